The molecule has 1 rings (SSSR count). The minimum atomic E-state index is -0.756. The highest BCUT2D eigenvalue weighted by Gasteiger charge is 2.19. The largest absolute Gasteiger partial charge is 0.508 e. The molecule has 16 heavy (non-hydrogen) atoms. The van der Waals surface area contributed by atoms with E-state index in [4.69, 9.17) is 0 Å². The van der Waals surface area contributed by atoms with Crippen molar-refractivity contribution in [1.29, 1.82) is 0 Å². The molecule has 0 aliphatic carbocycles. The van der Waals surface area contributed by atoms with Crippen molar-refractivity contribution in [1.82, 2.24) is 0 Å². The van der Waals surface area contributed by atoms with E-state index in [-0.39, 0.29) is 11.7 Å². The molecule has 0 amide bonds. The van der Waals surface area contributed by atoms with Gasteiger partial charge in [-0.2, -0.15) is 0 Å². The van der Waals surface area contributed by atoms with Crippen LogP contribution in [0.3, 0.4) is 0 Å². The predicted octanol–water partition coefficient (Wildman–Crippen LogP) is 1.94. The molecule has 3 nitrogen and oxygen atoms in total. The number of aliphatic hydroxyl groups is 2. The number of rotatable bonds is 4. The van der Waals surface area contributed by atoms with Gasteiger partial charge in [0.05, 0.1) is 12.2 Å². The Morgan fingerprint density at radius 2 is 1.81 bits per heavy atom. The van der Waals surface area contributed by atoms with E-state index in [2.05, 4.69) is 0 Å². The summed E-state index contributed by atoms with van der Waals surface area (Å²) in [5, 5.41) is 28.6. The molecule has 90 valence electrons. The molecule has 0 heterocycles. The molecule has 0 bridgehead atoms. The summed E-state index contributed by atoms with van der Waals surface area (Å²) < 4.78 is 0. The van der Waals surface area contributed by atoms with Crippen LogP contribution in [0.1, 0.15) is 37.3 Å². The number of aromatic hydroxyl groups is 1. The Morgan fingerprint density at radius 3 is 2.31 bits per heavy atom. The second kappa shape index (κ2) is 5.32. The highest BCUT2D eigenvalue weighted by atomic mass is 16.3. The second-order valence-corrected chi connectivity index (χ2v) is 4.45. The van der Waals surface area contributed by atoms with Crippen molar-refractivity contribution in [2.75, 3.05) is 0 Å². The first-order chi connectivity index (χ1) is 7.43. The van der Waals surface area contributed by atoms with Crippen LogP contribution in [0.4, 0.5) is 0 Å². The smallest absolute Gasteiger partial charge is 0.119 e. The fourth-order valence-corrected chi connectivity index (χ4v) is 1.98. The van der Waals surface area contributed by atoms with E-state index in [0.29, 0.717) is 6.42 Å². The average Bonchev–Trinajstić information content (AvgIpc) is 2.16. The third kappa shape index (κ3) is 2.97. The third-order valence-corrected chi connectivity index (χ3v) is 2.95. The number of hydrogen-bond donors (Lipinski definition) is 3. The summed E-state index contributed by atoms with van der Waals surface area (Å²) in [6.07, 6.45) is -1.06. The normalized spacial score (nSPS) is 16.8. The van der Waals surface area contributed by atoms with Crippen LogP contribution in [0, 0.1) is 6.92 Å². The molecule has 0 saturated heterocycles. The first-order valence-electron chi connectivity index (χ1n) is 5.58. The van der Waals surface area contributed by atoms with Crippen LogP contribution in [-0.4, -0.2) is 27.5 Å². The Bertz CT molecular complexity index is 327. The van der Waals surface area contributed by atoms with Crippen LogP contribution in [-0.2, 0) is 0 Å². The standard InChI is InChI=1S/C13H20O3/c1-8-5-4-6-11(15)13(8)9(2)7-12(16)10(3)14/h4-6,9-10,12,14-16H,7H2,1-3H3. The Labute approximate surface area is 96.4 Å². The summed E-state index contributed by atoms with van der Waals surface area (Å²) >= 11 is 0. The summed E-state index contributed by atoms with van der Waals surface area (Å²) in [4.78, 5) is 0. The molecule has 0 spiro atoms. The van der Waals surface area contributed by atoms with Crippen molar-refractivity contribution >= 4 is 0 Å². The molecular weight excluding hydrogens is 204 g/mol. The summed E-state index contributed by atoms with van der Waals surface area (Å²) in [7, 11) is 0. The predicted molar refractivity (Wildman–Crippen MR) is 63.6 cm³/mol. The van der Waals surface area contributed by atoms with Gasteiger partial charge in [0, 0.05) is 0 Å². The lowest BCUT2D eigenvalue weighted by atomic mass is 9.90. The molecule has 0 fully saturated rings. The van der Waals surface area contributed by atoms with Gasteiger partial charge in [0.2, 0.25) is 0 Å². The molecule has 3 heteroatoms. The molecule has 3 atom stereocenters. The summed E-state index contributed by atoms with van der Waals surface area (Å²) in [5.74, 6) is 0.274. The lowest BCUT2D eigenvalue weighted by Gasteiger charge is -2.21. The topological polar surface area (TPSA) is 60.7 Å². The van der Waals surface area contributed by atoms with Crippen molar-refractivity contribution in [2.45, 2.75) is 45.3 Å². The first-order valence-corrected chi connectivity index (χ1v) is 5.58. The number of phenolic OH excluding ortho intramolecular Hbond substituents is 1. The molecule has 1 aromatic rings. The molecule has 0 aliphatic rings. The van der Waals surface area contributed by atoms with Gasteiger partial charge in [-0.15, -0.1) is 0 Å². The average molecular weight is 224 g/mol. The van der Waals surface area contributed by atoms with Gasteiger partial charge in [0.25, 0.3) is 0 Å². The van der Waals surface area contributed by atoms with Crippen LogP contribution in [0.25, 0.3) is 0 Å². The fourth-order valence-electron chi connectivity index (χ4n) is 1.98. The molecule has 1 aromatic carbocycles. The Morgan fingerprint density at radius 1 is 1.19 bits per heavy atom. The first kappa shape index (κ1) is 13.0. The number of aliphatic hydroxyl groups excluding tert-OH is 2. The summed E-state index contributed by atoms with van der Waals surface area (Å²) in [6, 6.07) is 5.37. The molecular formula is C13H20O3. The number of aryl methyl sites for hydroxylation is 1. The van der Waals surface area contributed by atoms with Crippen molar-refractivity contribution in [3.05, 3.63) is 29.3 Å². The van der Waals surface area contributed by atoms with Crippen molar-refractivity contribution in [2.24, 2.45) is 0 Å². The third-order valence-electron chi connectivity index (χ3n) is 2.95. The lowest BCUT2D eigenvalue weighted by molar-refractivity contribution is 0.0226. The summed E-state index contributed by atoms with van der Waals surface area (Å²) in [5.41, 5.74) is 1.85. The number of benzene rings is 1. The zero-order valence-corrected chi connectivity index (χ0v) is 10.0. The second-order valence-electron chi connectivity index (χ2n) is 4.45. The van der Waals surface area contributed by atoms with Crippen LogP contribution in [0.5, 0.6) is 5.75 Å². The molecule has 0 radical (unpaired) electrons. The quantitative estimate of drug-likeness (QED) is 0.732. The van der Waals surface area contributed by atoms with E-state index in [1.807, 2.05) is 19.9 Å². The monoisotopic (exact) mass is 224 g/mol. The van der Waals surface area contributed by atoms with E-state index in [1.165, 1.54) is 0 Å². The van der Waals surface area contributed by atoms with E-state index in [1.54, 1.807) is 19.1 Å². The van der Waals surface area contributed by atoms with Gasteiger partial charge in [-0.05, 0) is 43.4 Å². The molecule has 3 unspecified atom stereocenters. The van der Waals surface area contributed by atoms with Crippen LogP contribution in [0.15, 0.2) is 18.2 Å². The zero-order chi connectivity index (χ0) is 12.3. The number of hydrogen-bond acceptors (Lipinski definition) is 3. The van der Waals surface area contributed by atoms with Gasteiger partial charge < -0.3 is 15.3 Å². The van der Waals surface area contributed by atoms with Gasteiger partial charge in [-0.1, -0.05) is 19.1 Å². The van der Waals surface area contributed by atoms with E-state index >= 15 is 0 Å². The molecule has 0 aliphatic heterocycles. The highest BCUT2D eigenvalue weighted by molar-refractivity contribution is 5.40. The van der Waals surface area contributed by atoms with E-state index in [9.17, 15) is 15.3 Å². The minimum absolute atomic E-state index is 0.0193. The van der Waals surface area contributed by atoms with E-state index < -0.39 is 12.2 Å². The Kier molecular flexibility index (Phi) is 4.33. The maximum atomic E-state index is 9.77. The maximum Gasteiger partial charge on any atom is 0.119 e. The molecule has 0 aromatic heterocycles. The maximum absolute atomic E-state index is 9.77. The highest BCUT2D eigenvalue weighted by Crippen LogP contribution is 2.31. The zero-order valence-electron chi connectivity index (χ0n) is 10.0. The Hall–Kier alpha value is -1.06. The van der Waals surface area contributed by atoms with Gasteiger partial charge in [-0.25, -0.2) is 0 Å². The summed E-state index contributed by atoms with van der Waals surface area (Å²) in [6.45, 7) is 5.43. The van der Waals surface area contributed by atoms with Crippen LogP contribution < -0.4 is 0 Å². The van der Waals surface area contributed by atoms with Crippen molar-refractivity contribution in [3.63, 3.8) is 0 Å². The number of phenols is 1. The Balaban J connectivity index is 2.84. The molecule has 3 N–H and O–H groups in total. The molecule has 0 saturated carbocycles. The SMILES string of the molecule is Cc1cccc(O)c1C(C)CC(O)C(C)O. The van der Waals surface area contributed by atoms with Gasteiger partial charge in [-0.3, -0.25) is 0 Å². The van der Waals surface area contributed by atoms with Crippen molar-refractivity contribution in [3.8, 4) is 5.75 Å². The van der Waals surface area contributed by atoms with Crippen LogP contribution >= 0.6 is 0 Å². The van der Waals surface area contributed by atoms with Gasteiger partial charge >= 0.3 is 0 Å². The van der Waals surface area contributed by atoms with Gasteiger partial charge in [0.15, 0.2) is 0 Å². The minimum Gasteiger partial charge on any atom is -0.508 e. The van der Waals surface area contributed by atoms with Gasteiger partial charge in [0.1, 0.15) is 5.75 Å². The van der Waals surface area contributed by atoms with E-state index in [0.717, 1.165) is 11.1 Å². The lowest BCUT2D eigenvalue weighted by Crippen LogP contribution is -2.24. The fraction of sp³-hybridized carbons (Fsp3) is 0.538. The van der Waals surface area contributed by atoms with Crippen molar-refractivity contribution < 1.29 is 15.3 Å². The van der Waals surface area contributed by atoms with Crippen LogP contribution in [0.2, 0.25) is 0 Å².